The van der Waals surface area contributed by atoms with Crippen molar-refractivity contribution in [2.45, 2.75) is 26.8 Å². The quantitative estimate of drug-likeness (QED) is 0.870. The van der Waals surface area contributed by atoms with E-state index in [0.29, 0.717) is 6.61 Å². The smallest absolute Gasteiger partial charge is 0.225 e. The maximum atomic E-state index is 12.0. The molecule has 1 atom stereocenters. The van der Waals surface area contributed by atoms with Gasteiger partial charge in [-0.25, -0.2) is 0 Å². The van der Waals surface area contributed by atoms with E-state index in [-0.39, 0.29) is 17.4 Å². The van der Waals surface area contributed by atoms with Crippen LogP contribution in [0.3, 0.4) is 0 Å². The first-order valence-corrected chi connectivity index (χ1v) is 5.76. The van der Waals surface area contributed by atoms with Gasteiger partial charge < -0.3 is 14.6 Å². The van der Waals surface area contributed by atoms with Gasteiger partial charge in [0.2, 0.25) is 5.91 Å². The molecule has 0 fully saturated rings. The van der Waals surface area contributed by atoms with Crippen LogP contribution in [-0.4, -0.2) is 24.2 Å². The molecule has 4 nitrogen and oxygen atoms in total. The molecular weight excluding hydrogens is 216 g/mol. The monoisotopic (exact) mass is 238 g/mol. The number of carbonyl (C=O) groups is 1. The maximum Gasteiger partial charge on any atom is 0.225 e. The van der Waals surface area contributed by atoms with E-state index in [2.05, 4.69) is 5.32 Å². The van der Waals surface area contributed by atoms with Gasteiger partial charge in [-0.3, -0.25) is 4.79 Å². The van der Waals surface area contributed by atoms with Crippen molar-refractivity contribution in [1.29, 1.82) is 0 Å². The van der Waals surface area contributed by atoms with Crippen molar-refractivity contribution in [3.63, 3.8) is 0 Å². The number of nitrogens with zero attached hydrogens (tertiary/aromatic N) is 1. The van der Waals surface area contributed by atoms with Crippen LogP contribution in [0.2, 0.25) is 0 Å². The molecule has 1 heterocycles. The van der Waals surface area contributed by atoms with Crippen molar-refractivity contribution in [3.05, 3.63) is 24.0 Å². The predicted molar refractivity (Wildman–Crippen MR) is 67.6 cm³/mol. The molecule has 0 saturated carbocycles. The molecule has 17 heavy (non-hydrogen) atoms. The highest BCUT2D eigenvalue weighted by atomic mass is 16.5. The molecule has 0 saturated heterocycles. The largest absolute Gasteiger partial charge is 0.382 e. The maximum absolute atomic E-state index is 12.0. The van der Waals surface area contributed by atoms with Gasteiger partial charge in [0.25, 0.3) is 0 Å². The molecule has 1 amide bonds. The van der Waals surface area contributed by atoms with Gasteiger partial charge in [-0.05, 0) is 11.6 Å². The Morgan fingerprint density at radius 3 is 2.59 bits per heavy atom. The second-order valence-electron chi connectivity index (χ2n) is 5.34. The summed E-state index contributed by atoms with van der Waals surface area (Å²) in [7, 11) is 3.60. The second-order valence-corrected chi connectivity index (χ2v) is 5.34. The zero-order valence-corrected chi connectivity index (χ0v) is 11.3. The topological polar surface area (TPSA) is 43.3 Å². The minimum absolute atomic E-state index is 0.0309. The normalized spacial score (nSPS) is 13.5. The second kappa shape index (κ2) is 5.36. The van der Waals surface area contributed by atoms with Gasteiger partial charge >= 0.3 is 0 Å². The molecule has 0 aliphatic rings. The molecule has 1 unspecified atom stereocenters. The number of hydrogen-bond donors (Lipinski definition) is 1. The Balaban J connectivity index is 2.77. The van der Waals surface area contributed by atoms with Crippen LogP contribution < -0.4 is 5.32 Å². The lowest BCUT2D eigenvalue weighted by Gasteiger charge is -2.23. The molecular formula is C13H22N2O2. The van der Waals surface area contributed by atoms with E-state index in [1.807, 2.05) is 50.8 Å². The molecule has 1 aromatic rings. The van der Waals surface area contributed by atoms with Gasteiger partial charge in [-0.15, -0.1) is 0 Å². The van der Waals surface area contributed by atoms with Gasteiger partial charge in [-0.2, -0.15) is 0 Å². The van der Waals surface area contributed by atoms with Crippen molar-refractivity contribution >= 4 is 5.91 Å². The molecule has 0 aliphatic heterocycles. The number of rotatable bonds is 4. The molecule has 1 rings (SSSR count). The third kappa shape index (κ3) is 3.89. The number of aromatic nitrogens is 1. The summed E-state index contributed by atoms with van der Waals surface area (Å²) < 4.78 is 7.12. The van der Waals surface area contributed by atoms with Crippen LogP contribution in [0.5, 0.6) is 0 Å². The van der Waals surface area contributed by atoms with Crippen LogP contribution in [0.1, 0.15) is 32.4 Å². The van der Waals surface area contributed by atoms with Crippen LogP contribution >= 0.6 is 0 Å². The molecule has 0 aliphatic carbocycles. The van der Waals surface area contributed by atoms with E-state index in [9.17, 15) is 4.79 Å². The summed E-state index contributed by atoms with van der Waals surface area (Å²) in [5, 5.41) is 3.01. The lowest BCUT2D eigenvalue weighted by Crippen LogP contribution is -2.38. The lowest BCUT2D eigenvalue weighted by molar-refractivity contribution is -0.129. The highest BCUT2D eigenvalue weighted by Gasteiger charge is 2.24. The molecule has 96 valence electrons. The van der Waals surface area contributed by atoms with Crippen molar-refractivity contribution in [1.82, 2.24) is 9.88 Å². The highest BCUT2D eigenvalue weighted by molar-refractivity contribution is 5.81. The number of carbonyl (C=O) groups excluding carboxylic acids is 1. The fourth-order valence-corrected chi connectivity index (χ4v) is 1.49. The lowest BCUT2D eigenvalue weighted by atomic mass is 9.95. The minimum atomic E-state index is -0.388. The van der Waals surface area contributed by atoms with Gasteiger partial charge in [0.15, 0.2) is 0 Å². The number of nitrogens with one attached hydrogen (secondary N) is 1. The van der Waals surface area contributed by atoms with Crippen LogP contribution in [0.25, 0.3) is 0 Å². The van der Waals surface area contributed by atoms with E-state index in [0.717, 1.165) is 5.56 Å². The van der Waals surface area contributed by atoms with Gasteiger partial charge in [-0.1, -0.05) is 20.8 Å². The Morgan fingerprint density at radius 1 is 1.53 bits per heavy atom. The Morgan fingerprint density at radius 2 is 2.18 bits per heavy atom. The molecule has 0 spiro atoms. The van der Waals surface area contributed by atoms with E-state index in [1.165, 1.54) is 0 Å². The Hall–Kier alpha value is -1.29. The van der Waals surface area contributed by atoms with Crippen LogP contribution in [-0.2, 0) is 16.6 Å². The Labute approximate surface area is 103 Å². The molecule has 0 radical (unpaired) electrons. The molecule has 1 aromatic heterocycles. The Kier molecular flexibility index (Phi) is 4.34. The zero-order chi connectivity index (χ0) is 13.1. The third-order valence-electron chi connectivity index (χ3n) is 2.58. The summed E-state index contributed by atoms with van der Waals surface area (Å²) in [6, 6.07) is 1.90. The van der Waals surface area contributed by atoms with Gasteiger partial charge in [0, 0.05) is 32.0 Å². The number of amides is 1. The standard InChI is InChI=1S/C13H22N2O2/c1-13(2,3)12(16)14-11(9-17-5)10-6-7-15(4)8-10/h6-8,11H,9H2,1-5H3,(H,14,16). The molecule has 1 N–H and O–H groups in total. The fraction of sp³-hybridized carbons (Fsp3) is 0.615. The molecule has 0 bridgehead atoms. The molecule has 0 aromatic carbocycles. The van der Waals surface area contributed by atoms with E-state index in [4.69, 9.17) is 4.74 Å². The highest BCUT2D eigenvalue weighted by Crippen LogP contribution is 2.18. The summed E-state index contributed by atoms with van der Waals surface area (Å²) in [6.07, 6.45) is 3.95. The SMILES string of the molecule is COCC(NC(=O)C(C)(C)C)c1ccn(C)c1. The summed E-state index contributed by atoms with van der Waals surface area (Å²) in [5.41, 5.74) is 0.674. The van der Waals surface area contributed by atoms with Crippen molar-refractivity contribution in [2.75, 3.05) is 13.7 Å². The van der Waals surface area contributed by atoms with Crippen LogP contribution in [0, 0.1) is 5.41 Å². The first kappa shape index (κ1) is 13.8. The Bertz CT molecular complexity index is 377. The van der Waals surface area contributed by atoms with E-state index >= 15 is 0 Å². The summed E-state index contributed by atoms with van der Waals surface area (Å²) >= 11 is 0. The van der Waals surface area contributed by atoms with Gasteiger partial charge in [0.1, 0.15) is 0 Å². The van der Waals surface area contributed by atoms with E-state index in [1.54, 1.807) is 7.11 Å². The molecule has 4 heteroatoms. The first-order valence-electron chi connectivity index (χ1n) is 5.76. The number of hydrogen-bond acceptors (Lipinski definition) is 2. The van der Waals surface area contributed by atoms with Crippen molar-refractivity contribution in [2.24, 2.45) is 12.5 Å². The van der Waals surface area contributed by atoms with Crippen molar-refractivity contribution < 1.29 is 9.53 Å². The van der Waals surface area contributed by atoms with Crippen LogP contribution in [0.4, 0.5) is 0 Å². The third-order valence-corrected chi connectivity index (χ3v) is 2.58. The predicted octanol–water partition coefficient (Wildman–Crippen LogP) is 1.87. The van der Waals surface area contributed by atoms with Gasteiger partial charge in [0.05, 0.1) is 12.6 Å². The fourth-order valence-electron chi connectivity index (χ4n) is 1.49. The average molecular weight is 238 g/mol. The average Bonchev–Trinajstić information content (AvgIpc) is 2.62. The summed E-state index contributed by atoms with van der Waals surface area (Å²) in [4.78, 5) is 12.0. The number of methoxy groups -OCH3 is 1. The zero-order valence-electron chi connectivity index (χ0n) is 11.3. The number of ether oxygens (including phenoxy) is 1. The first-order chi connectivity index (χ1) is 7.84. The van der Waals surface area contributed by atoms with Crippen molar-refractivity contribution in [3.8, 4) is 0 Å². The van der Waals surface area contributed by atoms with Crippen LogP contribution in [0.15, 0.2) is 18.5 Å². The van der Waals surface area contributed by atoms with E-state index < -0.39 is 0 Å². The summed E-state index contributed by atoms with van der Waals surface area (Å²) in [5.74, 6) is 0.0309. The number of aryl methyl sites for hydroxylation is 1. The summed E-state index contributed by atoms with van der Waals surface area (Å²) in [6.45, 7) is 6.18. The minimum Gasteiger partial charge on any atom is -0.382 e.